The van der Waals surface area contributed by atoms with Gasteiger partial charge in [-0.1, -0.05) is 51.1 Å². The molecule has 200 valence electrons. The predicted molar refractivity (Wildman–Crippen MR) is 151 cm³/mol. The zero-order chi connectivity index (χ0) is 27.5. The smallest absolute Gasteiger partial charge is 0.343 e. The van der Waals surface area contributed by atoms with Crippen LogP contribution in [0.2, 0.25) is 0 Å². The first kappa shape index (κ1) is 25.5. The molecule has 0 spiro atoms. The van der Waals surface area contributed by atoms with Crippen LogP contribution in [0.3, 0.4) is 0 Å². The summed E-state index contributed by atoms with van der Waals surface area (Å²) in [5.41, 5.74) is 4.00. The molecule has 0 bridgehead atoms. The van der Waals surface area contributed by atoms with Gasteiger partial charge < -0.3 is 19.5 Å². The van der Waals surface area contributed by atoms with E-state index in [4.69, 9.17) is 14.8 Å². The summed E-state index contributed by atoms with van der Waals surface area (Å²) < 4.78 is 6.93. The summed E-state index contributed by atoms with van der Waals surface area (Å²) in [7, 11) is 0. The van der Waals surface area contributed by atoms with Crippen LogP contribution >= 0.6 is 0 Å². The number of hydrogen-bond acceptors (Lipinski definition) is 6. The van der Waals surface area contributed by atoms with E-state index in [1.807, 2.05) is 18.2 Å². The lowest BCUT2D eigenvalue weighted by atomic mass is 9.86. The lowest BCUT2D eigenvalue weighted by Crippen LogP contribution is -2.44. The number of rotatable bonds is 6. The van der Waals surface area contributed by atoms with Crippen LogP contribution in [0.1, 0.15) is 61.4 Å². The van der Waals surface area contributed by atoms with Crippen LogP contribution in [0.25, 0.3) is 39.1 Å². The van der Waals surface area contributed by atoms with Crippen LogP contribution in [0, 0.1) is 5.92 Å². The Kier molecular flexibility index (Phi) is 6.16. The molecule has 2 aliphatic heterocycles. The topological polar surface area (TPSA) is 102 Å². The van der Waals surface area contributed by atoms with E-state index in [9.17, 15) is 14.7 Å². The molecule has 2 aromatic carbocycles. The van der Waals surface area contributed by atoms with Crippen molar-refractivity contribution >= 4 is 33.7 Å². The number of fused-ring (bicyclic) bond motifs is 7. The molecule has 0 unspecified atom stereocenters. The lowest BCUT2D eigenvalue weighted by Gasteiger charge is -2.31. The first-order valence-corrected chi connectivity index (χ1v) is 13.6. The largest absolute Gasteiger partial charge is 0.458 e. The third-order valence-corrected chi connectivity index (χ3v) is 8.03. The number of pyridine rings is 2. The van der Waals surface area contributed by atoms with Crippen molar-refractivity contribution in [3.8, 4) is 11.4 Å². The molecule has 2 N–H and O–H groups in total. The highest BCUT2D eigenvalue weighted by atomic mass is 16.6. The van der Waals surface area contributed by atoms with Gasteiger partial charge >= 0.3 is 5.97 Å². The van der Waals surface area contributed by atoms with Gasteiger partial charge in [-0.25, -0.2) is 9.78 Å². The Morgan fingerprint density at radius 1 is 1.15 bits per heavy atom. The van der Waals surface area contributed by atoms with E-state index in [2.05, 4.69) is 38.1 Å². The molecule has 0 fully saturated rings. The Labute approximate surface area is 226 Å². The van der Waals surface area contributed by atoms with Crippen molar-refractivity contribution in [1.82, 2.24) is 9.55 Å². The third-order valence-electron chi connectivity index (χ3n) is 8.03. The van der Waals surface area contributed by atoms with Crippen molar-refractivity contribution in [1.29, 1.82) is 0 Å². The Bertz CT molecular complexity index is 1750. The number of cyclic esters (lactones) is 1. The minimum absolute atomic E-state index is 0.111. The highest BCUT2D eigenvalue weighted by Gasteiger charge is 2.45. The molecular formula is C32H32N2O5. The molecule has 7 heteroatoms. The average molecular weight is 525 g/mol. The molecule has 0 radical (unpaired) electrons. The van der Waals surface area contributed by atoms with Gasteiger partial charge in [0.05, 0.1) is 29.0 Å². The predicted octanol–water partition coefficient (Wildman–Crippen LogP) is 4.83. The summed E-state index contributed by atoms with van der Waals surface area (Å²) in [4.78, 5) is 31.3. The van der Waals surface area contributed by atoms with Crippen LogP contribution in [-0.4, -0.2) is 32.3 Å². The molecule has 0 saturated carbocycles. The number of esters is 1. The SMILES string of the molecule is CC[C@@]1(O)C(=O)OCc2c1cc1n(c2=O)Cc2c-1nc1ccc3ccc(/C=C/CCO)cc3c1c2CC(C)C. The second-order valence-electron chi connectivity index (χ2n) is 11.0. The average Bonchev–Trinajstić information content (AvgIpc) is 3.29. The van der Waals surface area contributed by atoms with Crippen LogP contribution in [0.4, 0.5) is 0 Å². The van der Waals surface area contributed by atoms with E-state index < -0.39 is 11.6 Å². The van der Waals surface area contributed by atoms with Crippen molar-refractivity contribution in [2.75, 3.05) is 6.61 Å². The lowest BCUT2D eigenvalue weighted by molar-refractivity contribution is -0.172. The fraction of sp³-hybridized carbons (Fsp3) is 0.344. The van der Waals surface area contributed by atoms with E-state index in [1.165, 1.54) is 5.56 Å². The molecule has 0 aliphatic carbocycles. The van der Waals surface area contributed by atoms with Crippen molar-refractivity contribution in [3.63, 3.8) is 0 Å². The van der Waals surface area contributed by atoms with Gasteiger partial charge in [0.2, 0.25) is 0 Å². The number of aliphatic hydroxyl groups is 2. The zero-order valence-corrected chi connectivity index (χ0v) is 22.5. The summed E-state index contributed by atoms with van der Waals surface area (Å²) >= 11 is 0. The number of nitrogens with zero attached hydrogens (tertiary/aromatic N) is 2. The third kappa shape index (κ3) is 3.91. The van der Waals surface area contributed by atoms with Crippen LogP contribution in [0.5, 0.6) is 0 Å². The number of carbonyl (C=O) groups excluding carboxylic acids is 1. The Morgan fingerprint density at radius 3 is 2.69 bits per heavy atom. The molecule has 39 heavy (non-hydrogen) atoms. The molecule has 2 aliphatic rings. The Hall–Kier alpha value is -3.81. The number of aliphatic hydroxyl groups excluding tert-OH is 1. The van der Waals surface area contributed by atoms with Gasteiger partial charge in [-0.2, -0.15) is 0 Å². The summed E-state index contributed by atoms with van der Waals surface area (Å²) in [6.07, 6.45) is 5.51. The Morgan fingerprint density at radius 2 is 1.95 bits per heavy atom. The second kappa shape index (κ2) is 9.43. The highest BCUT2D eigenvalue weighted by molar-refractivity contribution is 6.09. The molecule has 4 aromatic rings. The molecular weight excluding hydrogens is 492 g/mol. The van der Waals surface area contributed by atoms with Crippen molar-refractivity contribution in [2.24, 2.45) is 5.92 Å². The molecule has 4 heterocycles. The van der Waals surface area contributed by atoms with E-state index in [0.29, 0.717) is 35.7 Å². The van der Waals surface area contributed by atoms with Gasteiger partial charge in [-0.05, 0) is 65.3 Å². The maximum absolute atomic E-state index is 13.7. The summed E-state index contributed by atoms with van der Waals surface area (Å²) in [6, 6.07) is 12.2. The van der Waals surface area contributed by atoms with E-state index in [-0.39, 0.29) is 25.2 Å². The molecule has 2 aromatic heterocycles. The number of carbonyl (C=O) groups is 1. The van der Waals surface area contributed by atoms with Crippen LogP contribution in [0.15, 0.2) is 47.3 Å². The zero-order valence-electron chi connectivity index (χ0n) is 22.5. The molecule has 1 atom stereocenters. The van der Waals surface area contributed by atoms with Gasteiger partial charge in [0.15, 0.2) is 5.60 Å². The Balaban J connectivity index is 1.63. The van der Waals surface area contributed by atoms with Gasteiger partial charge in [0.1, 0.15) is 6.61 Å². The van der Waals surface area contributed by atoms with Crippen LogP contribution < -0.4 is 5.56 Å². The standard InChI is InChI=1S/C32H32N2O5/c1-4-32(38)25-15-27-29-23(16-34(27)30(36)24(25)17-39-31(32)37)22(13-18(2)3)28-21-14-19(7-5-6-12-35)8-9-20(21)10-11-26(28)33-29/h5,7-11,14-15,18,35,38H,4,6,12-13,16-17H2,1-3H3/b7-5+/t32-/m0/s1. The number of hydrogen-bond donors (Lipinski definition) is 2. The van der Waals surface area contributed by atoms with Gasteiger partial charge in [0, 0.05) is 23.1 Å². The first-order chi connectivity index (χ1) is 18.8. The molecule has 0 amide bonds. The second-order valence-corrected chi connectivity index (χ2v) is 11.0. The first-order valence-electron chi connectivity index (χ1n) is 13.6. The minimum Gasteiger partial charge on any atom is -0.458 e. The quantitative estimate of drug-likeness (QED) is 0.244. The van der Waals surface area contributed by atoms with Gasteiger partial charge in [-0.15, -0.1) is 0 Å². The highest BCUT2D eigenvalue weighted by Crippen LogP contribution is 2.42. The molecule has 6 rings (SSSR count). The number of benzene rings is 2. The van der Waals surface area contributed by atoms with E-state index in [0.717, 1.165) is 44.9 Å². The van der Waals surface area contributed by atoms with E-state index >= 15 is 0 Å². The maximum atomic E-state index is 13.7. The number of aromatic nitrogens is 2. The monoisotopic (exact) mass is 524 g/mol. The summed E-state index contributed by atoms with van der Waals surface area (Å²) in [5.74, 6) is -0.352. The fourth-order valence-corrected chi connectivity index (χ4v) is 6.04. The molecule has 0 saturated heterocycles. The minimum atomic E-state index is -1.85. The van der Waals surface area contributed by atoms with Crippen molar-refractivity contribution in [3.05, 3.63) is 80.6 Å². The fourth-order valence-electron chi connectivity index (χ4n) is 6.04. The van der Waals surface area contributed by atoms with E-state index in [1.54, 1.807) is 17.6 Å². The van der Waals surface area contributed by atoms with Gasteiger partial charge in [-0.3, -0.25) is 4.79 Å². The maximum Gasteiger partial charge on any atom is 0.343 e. The normalized spacial score (nSPS) is 18.2. The summed E-state index contributed by atoms with van der Waals surface area (Å²) in [6.45, 7) is 6.43. The van der Waals surface area contributed by atoms with Crippen molar-refractivity contribution in [2.45, 2.75) is 58.8 Å². The molecule has 7 nitrogen and oxygen atoms in total. The number of ether oxygens (including phenoxy) is 1. The van der Waals surface area contributed by atoms with Gasteiger partial charge in [0.25, 0.3) is 5.56 Å². The van der Waals surface area contributed by atoms with Crippen molar-refractivity contribution < 1.29 is 19.7 Å². The van der Waals surface area contributed by atoms with Crippen LogP contribution in [-0.2, 0) is 34.7 Å². The summed E-state index contributed by atoms with van der Waals surface area (Å²) in [5, 5.41) is 23.7.